The molecule has 2 heterocycles. The Bertz CT molecular complexity index is 706. The van der Waals surface area contributed by atoms with Gasteiger partial charge in [-0.25, -0.2) is 0 Å². The summed E-state index contributed by atoms with van der Waals surface area (Å²) in [6.07, 6.45) is 0. The molecule has 0 saturated carbocycles. The number of nitrogens with one attached hydrogen (secondary N) is 1. The van der Waals surface area contributed by atoms with Crippen LogP contribution >= 0.6 is 11.3 Å². The van der Waals surface area contributed by atoms with Crippen LogP contribution in [0, 0.1) is 6.92 Å². The molecule has 0 saturated heterocycles. The van der Waals surface area contributed by atoms with Gasteiger partial charge in [0.25, 0.3) is 11.8 Å². The van der Waals surface area contributed by atoms with E-state index in [4.69, 9.17) is 0 Å². The molecule has 0 atom stereocenters. The maximum Gasteiger partial charge on any atom is 0.261 e. The molecule has 0 bridgehead atoms. The molecule has 5 heteroatoms. The number of hydrogen-bond donors (Lipinski definition) is 1. The number of hydrogen-bond acceptors (Lipinski definition) is 4. The summed E-state index contributed by atoms with van der Waals surface area (Å²) in [7, 11) is 1.51. The quantitative estimate of drug-likeness (QED) is 0.883. The molecule has 0 spiro atoms. The minimum Gasteiger partial charge on any atom is -0.380 e. The maximum atomic E-state index is 11.9. The summed E-state index contributed by atoms with van der Waals surface area (Å²) in [5.41, 5.74) is 3.07. The third-order valence-electron chi connectivity index (χ3n) is 3.51. The van der Waals surface area contributed by atoms with Gasteiger partial charge in [0.05, 0.1) is 11.1 Å². The summed E-state index contributed by atoms with van der Waals surface area (Å²) in [5.74, 6) is -0.466. The summed E-state index contributed by atoms with van der Waals surface area (Å²) in [4.78, 5) is 26.1. The Kier molecular flexibility index (Phi) is 3.06. The average Bonchev–Trinajstić information content (AvgIpc) is 2.95. The van der Waals surface area contributed by atoms with Crippen LogP contribution in [-0.4, -0.2) is 23.8 Å². The van der Waals surface area contributed by atoms with E-state index >= 15 is 0 Å². The minimum absolute atomic E-state index is 0.231. The number of fused-ring (bicyclic) bond motifs is 1. The van der Waals surface area contributed by atoms with E-state index in [0.717, 1.165) is 17.1 Å². The number of amides is 2. The van der Waals surface area contributed by atoms with Crippen molar-refractivity contribution in [3.05, 3.63) is 51.2 Å². The van der Waals surface area contributed by atoms with Crippen molar-refractivity contribution in [2.75, 3.05) is 12.4 Å². The Morgan fingerprint density at radius 3 is 2.60 bits per heavy atom. The van der Waals surface area contributed by atoms with Crippen molar-refractivity contribution >= 4 is 28.8 Å². The monoisotopic (exact) mass is 286 g/mol. The summed E-state index contributed by atoms with van der Waals surface area (Å²) >= 11 is 1.70. The number of imide groups is 1. The summed E-state index contributed by atoms with van der Waals surface area (Å²) in [5, 5.41) is 5.36. The Hall–Kier alpha value is -2.14. The lowest BCUT2D eigenvalue weighted by atomic mass is 10.1. The number of nitrogens with zero attached hydrogens (tertiary/aromatic N) is 1. The van der Waals surface area contributed by atoms with Crippen LogP contribution in [-0.2, 0) is 6.54 Å². The largest absolute Gasteiger partial charge is 0.380 e. The van der Waals surface area contributed by atoms with E-state index in [1.165, 1.54) is 17.5 Å². The molecule has 0 aliphatic carbocycles. The fourth-order valence-corrected chi connectivity index (χ4v) is 3.08. The summed E-state index contributed by atoms with van der Waals surface area (Å²) in [6.45, 7) is 2.80. The molecular weight excluding hydrogens is 272 g/mol. The maximum absolute atomic E-state index is 11.9. The predicted octanol–water partition coefficient (Wildman–Crippen LogP) is 2.89. The number of rotatable bonds is 3. The normalized spacial score (nSPS) is 13.8. The van der Waals surface area contributed by atoms with Crippen molar-refractivity contribution < 1.29 is 9.59 Å². The van der Waals surface area contributed by atoms with Crippen molar-refractivity contribution in [2.45, 2.75) is 13.5 Å². The van der Waals surface area contributed by atoms with Crippen LogP contribution in [0.4, 0.5) is 5.69 Å². The van der Waals surface area contributed by atoms with Gasteiger partial charge in [-0.1, -0.05) is 0 Å². The topological polar surface area (TPSA) is 49.4 Å². The van der Waals surface area contributed by atoms with E-state index < -0.39 is 0 Å². The van der Waals surface area contributed by atoms with E-state index in [1.807, 2.05) is 6.07 Å². The van der Waals surface area contributed by atoms with Crippen LogP contribution < -0.4 is 5.32 Å². The standard InChI is InChI=1S/C15H14N2O2S/c1-9-5-6-20-13(9)8-16-10-3-4-11-12(7-10)15(19)17(2)14(11)18/h3-7,16H,8H2,1-2H3. The molecule has 2 aromatic rings. The minimum atomic E-state index is -0.235. The zero-order valence-electron chi connectivity index (χ0n) is 11.3. The molecule has 0 unspecified atom stereocenters. The molecule has 0 radical (unpaired) electrons. The van der Waals surface area contributed by atoms with Gasteiger partial charge in [-0.15, -0.1) is 11.3 Å². The number of anilines is 1. The van der Waals surface area contributed by atoms with Crippen LogP contribution in [0.2, 0.25) is 0 Å². The van der Waals surface area contributed by atoms with E-state index in [-0.39, 0.29) is 11.8 Å². The Balaban J connectivity index is 1.82. The highest BCUT2D eigenvalue weighted by atomic mass is 32.1. The predicted molar refractivity (Wildman–Crippen MR) is 79.2 cm³/mol. The van der Waals surface area contributed by atoms with Gasteiger partial charge in [-0.05, 0) is 42.1 Å². The van der Waals surface area contributed by atoms with Crippen molar-refractivity contribution in [2.24, 2.45) is 0 Å². The van der Waals surface area contributed by atoms with Crippen LogP contribution in [0.15, 0.2) is 29.6 Å². The van der Waals surface area contributed by atoms with E-state index in [2.05, 4.69) is 23.7 Å². The molecule has 1 aliphatic rings. The van der Waals surface area contributed by atoms with E-state index in [0.29, 0.717) is 11.1 Å². The Labute approximate surface area is 121 Å². The fraction of sp³-hybridized carbons (Fsp3) is 0.200. The average molecular weight is 286 g/mol. The van der Waals surface area contributed by atoms with Gasteiger partial charge in [-0.2, -0.15) is 0 Å². The lowest BCUT2D eigenvalue weighted by molar-refractivity contribution is 0.0693. The third-order valence-corrected chi connectivity index (χ3v) is 4.53. The van der Waals surface area contributed by atoms with Gasteiger partial charge >= 0.3 is 0 Å². The lowest BCUT2D eigenvalue weighted by Gasteiger charge is -2.07. The molecule has 1 aliphatic heterocycles. The molecule has 2 amide bonds. The number of benzene rings is 1. The fourth-order valence-electron chi connectivity index (χ4n) is 2.24. The molecule has 4 nitrogen and oxygen atoms in total. The molecule has 1 aromatic heterocycles. The highest BCUT2D eigenvalue weighted by molar-refractivity contribution is 7.10. The van der Waals surface area contributed by atoms with Crippen molar-refractivity contribution in [3.63, 3.8) is 0 Å². The van der Waals surface area contributed by atoms with E-state index in [1.54, 1.807) is 23.5 Å². The highest BCUT2D eigenvalue weighted by Crippen LogP contribution is 2.25. The molecule has 0 fully saturated rings. The van der Waals surface area contributed by atoms with Crippen LogP contribution in [0.1, 0.15) is 31.2 Å². The zero-order valence-corrected chi connectivity index (χ0v) is 12.1. The van der Waals surface area contributed by atoms with Crippen LogP contribution in [0.5, 0.6) is 0 Å². The third kappa shape index (κ3) is 2.00. The molecule has 102 valence electrons. The van der Waals surface area contributed by atoms with Gasteiger partial charge < -0.3 is 5.32 Å². The first kappa shape index (κ1) is 12.9. The van der Waals surface area contributed by atoms with Gasteiger partial charge in [0, 0.05) is 24.2 Å². The second-order valence-electron chi connectivity index (χ2n) is 4.81. The molecule has 20 heavy (non-hydrogen) atoms. The number of aryl methyl sites for hydroxylation is 1. The SMILES string of the molecule is Cc1ccsc1CNc1ccc2c(c1)C(=O)N(C)C2=O. The molecule has 3 rings (SSSR count). The first-order valence-corrected chi connectivity index (χ1v) is 7.19. The number of carbonyl (C=O) groups excluding carboxylic acids is 2. The Morgan fingerprint density at radius 1 is 1.15 bits per heavy atom. The van der Waals surface area contributed by atoms with Gasteiger partial charge in [0.2, 0.25) is 0 Å². The van der Waals surface area contributed by atoms with Gasteiger partial charge in [0.1, 0.15) is 0 Å². The molecular formula is C15H14N2O2S. The van der Waals surface area contributed by atoms with Crippen LogP contribution in [0.3, 0.4) is 0 Å². The Morgan fingerprint density at radius 2 is 1.90 bits per heavy atom. The second kappa shape index (κ2) is 4.76. The number of thiophene rings is 1. The first-order valence-electron chi connectivity index (χ1n) is 6.31. The first-order chi connectivity index (χ1) is 9.58. The van der Waals surface area contributed by atoms with Gasteiger partial charge in [-0.3, -0.25) is 14.5 Å². The van der Waals surface area contributed by atoms with Crippen molar-refractivity contribution in [3.8, 4) is 0 Å². The summed E-state index contributed by atoms with van der Waals surface area (Å²) in [6, 6.07) is 7.39. The van der Waals surface area contributed by atoms with Crippen molar-refractivity contribution in [1.82, 2.24) is 4.90 Å². The van der Waals surface area contributed by atoms with E-state index in [9.17, 15) is 9.59 Å². The molecule has 1 aromatic carbocycles. The smallest absolute Gasteiger partial charge is 0.261 e. The second-order valence-corrected chi connectivity index (χ2v) is 5.81. The zero-order chi connectivity index (χ0) is 14.3. The number of carbonyl (C=O) groups is 2. The van der Waals surface area contributed by atoms with Crippen LogP contribution in [0.25, 0.3) is 0 Å². The van der Waals surface area contributed by atoms with Crippen molar-refractivity contribution in [1.29, 1.82) is 0 Å². The van der Waals surface area contributed by atoms with Gasteiger partial charge in [0.15, 0.2) is 0 Å². The highest BCUT2D eigenvalue weighted by Gasteiger charge is 2.32. The summed E-state index contributed by atoms with van der Waals surface area (Å²) < 4.78 is 0. The lowest BCUT2D eigenvalue weighted by Crippen LogP contribution is -2.24. The molecule has 1 N–H and O–H groups in total.